The van der Waals surface area contributed by atoms with Gasteiger partial charge in [-0.3, -0.25) is 9.52 Å². The zero-order chi connectivity index (χ0) is 15.6. The zero-order valence-corrected chi connectivity index (χ0v) is 13.3. The summed E-state index contributed by atoms with van der Waals surface area (Å²) in [6.07, 6.45) is 0. The summed E-state index contributed by atoms with van der Waals surface area (Å²) >= 11 is 11.6. The van der Waals surface area contributed by atoms with E-state index in [9.17, 15) is 13.2 Å². The molecule has 2 rings (SSSR count). The van der Waals surface area contributed by atoms with Gasteiger partial charge in [0.2, 0.25) is 0 Å². The van der Waals surface area contributed by atoms with Gasteiger partial charge in [-0.05, 0) is 37.3 Å². The van der Waals surface area contributed by atoms with Crippen LogP contribution in [0.5, 0.6) is 0 Å². The fourth-order valence-corrected chi connectivity index (χ4v) is 3.47. The number of benzene rings is 2. The summed E-state index contributed by atoms with van der Waals surface area (Å²) in [7, 11) is -3.83. The number of ketones is 1. The van der Waals surface area contributed by atoms with Crippen molar-refractivity contribution in [2.75, 3.05) is 4.72 Å². The van der Waals surface area contributed by atoms with Crippen molar-refractivity contribution >= 4 is 44.7 Å². The van der Waals surface area contributed by atoms with Crippen molar-refractivity contribution in [3.05, 3.63) is 58.1 Å². The first-order chi connectivity index (χ1) is 9.78. The van der Waals surface area contributed by atoms with Gasteiger partial charge in [0.25, 0.3) is 10.0 Å². The number of carbonyl (C=O) groups excluding carboxylic acids is 1. The number of carbonyl (C=O) groups is 1. The van der Waals surface area contributed by atoms with Crippen LogP contribution in [0.2, 0.25) is 10.0 Å². The summed E-state index contributed by atoms with van der Waals surface area (Å²) in [5, 5.41) is 0.445. The molecule has 0 saturated heterocycles. The summed E-state index contributed by atoms with van der Waals surface area (Å²) in [5.41, 5.74) is 0.707. The van der Waals surface area contributed by atoms with Crippen LogP contribution < -0.4 is 4.72 Å². The molecule has 0 aromatic heterocycles. The van der Waals surface area contributed by atoms with E-state index in [4.69, 9.17) is 23.2 Å². The number of hydrogen-bond donors (Lipinski definition) is 1. The molecule has 110 valence electrons. The Morgan fingerprint density at radius 2 is 1.67 bits per heavy atom. The van der Waals surface area contributed by atoms with E-state index in [1.54, 1.807) is 18.2 Å². The fourth-order valence-electron chi connectivity index (χ4n) is 1.70. The van der Waals surface area contributed by atoms with Crippen LogP contribution in [0, 0.1) is 0 Å². The smallest absolute Gasteiger partial charge is 0.261 e. The van der Waals surface area contributed by atoms with E-state index in [0.717, 1.165) is 0 Å². The largest absolute Gasteiger partial charge is 0.295 e. The van der Waals surface area contributed by atoms with Crippen molar-refractivity contribution in [1.29, 1.82) is 0 Å². The van der Waals surface area contributed by atoms with Crippen LogP contribution in [0.4, 0.5) is 5.69 Å². The highest BCUT2D eigenvalue weighted by Gasteiger charge is 2.16. The summed E-state index contributed by atoms with van der Waals surface area (Å²) in [4.78, 5) is 11.3. The Balaban J connectivity index is 2.37. The minimum atomic E-state index is -3.83. The van der Waals surface area contributed by atoms with E-state index >= 15 is 0 Å². The third-order valence-electron chi connectivity index (χ3n) is 2.67. The molecule has 0 fully saturated rings. The summed E-state index contributed by atoms with van der Waals surface area (Å²) < 4.78 is 26.9. The molecule has 0 heterocycles. The quantitative estimate of drug-likeness (QED) is 0.853. The molecule has 1 N–H and O–H groups in total. The van der Waals surface area contributed by atoms with Gasteiger partial charge in [-0.2, -0.15) is 0 Å². The van der Waals surface area contributed by atoms with Gasteiger partial charge >= 0.3 is 0 Å². The minimum Gasteiger partial charge on any atom is -0.295 e. The van der Waals surface area contributed by atoms with Gasteiger partial charge in [-0.15, -0.1) is 0 Å². The third kappa shape index (κ3) is 3.97. The Bertz CT molecular complexity index is 783. The lowest BCUT2D eigenvalue weighted by atomic mass is 10.1. The average molecular weight is 344 g/mol. The summed E-state index contributed by atoms with van der Waals surface area (Å²) in [5.74, 6) is -0.151. The maximum Gasteiger partial charge on any atom is 0.261 e. The maximum atomic E-state index is 12.3. The highest BCUT2D eigenvalue weighted by atomic mass is 35.5. The van der Waals surface area contributed by atoms with E-state index in [0.29, 0.717) is 11.3 Å². The molecule has 7 heteroatoms. The van der Waals surface area contributed by atoms with E-state index in [1.807, 2.05) is 0 Å². The van der Waals surface area contributed by atoms with Crippen molar-refractivity contribution in [2.45, 2.75) is 11.8 Å². The number of hydrogen-bond acceptors (Lipinski definition) is 3. The van der Waals surface area contributed by atoms with E-state index in [2.05, 4.69) is 4.72 Å². The summed E-state index contributed by atoms with van der Waals surface area (Å²) in [6, 6.07) is 10.3. The number of rotatable bonds is 4. The highest BCUT2D eigenvalue weighted by molar-refractivity contribution is 7.92. The van der Waals surface area contributed by atoms with E-state index in [1.165, 1.54) is 31.2 Å². The molecule has 0 bridgehead atoms. The predicted molar refractivity (Wildman–Crippen MR) is 83.7 cm³/mol. The molecular weight excluding hydrogens is 333 g/mol. The lowest BCUT2D eigenvalue weighted by Crippen LogP contribution is -2.13. The molecular formula is C14H11Cl2NO3S. The van der Waals surface area contributed by atoms with E-state index in [-0.39, 0.29) is 20.7 Å². The fraction of sp³-hybridized carbons (Fsp3) is 0.0714. The number of nitrogens with one attached hydrogen (secondary N) is 1. The van der Waals surface area contributed by atoms with Crippen LogP contribution in [-0.4, -0.2) is 14.2 Å². The van der Waals surface area contributed by atoms with Gasteiger partial charge < -0.3 is 0 Å². The monoisotopic (exact) mass is 343 g/mol. The molecule has 0 radical (unpaired) electrons. The number of sulfonamides is 1. The lowest BCUT2D eigenvalue weighted by molar-refractivity contribution is 0.101. The molecule has 2 aromatic carbocycles. The number of halogens is 2. The molecule has 4 nitrogen and oxygen atoms in total. The standard InChI is InChI=1S/C14H11Cl2NO3S/c1-9(18)10-3-2-4-13(5-10)17-21(19,20)14-7-11(15)6-12(16)8-14/h2-8,17H,1H3. The number of Topliss-reactive ketones (excluding diaryl/α,β-unsaturated/α-hetero) is 1. The Kier molecular flexibility index (Phi) is 4.56. The Hall–Kier alpha value is -1.56. The van der Waals surface area contributed by atoms with E-state index < -0.39 is 10.0 Å². The molecule has 0 spiro atoms. The van der Waals surface area contributed by atoms with Crippen LogP contribution >= 0.6 is 23.2 Å². The second kappa shape index (κ2) is 6.05. The first-order valence-electron chi connectivity index (χ1n) is 5.88. The zero-order valence-electron chi connectivity index (χ0n) is 10.9. The topological polar surface area (TPSA) is 63.2 Å². The molecule has 0 saturated carbocycles. The van der Waals surface area contributed by atoms with Crippen molar-refractivity contribution in [3.8, 4) is 0 Å². The normalized spacial score (nSPS) is 11.2. The lowest BCUT2D eigenvalue weighted by Gasteiger charge is -2.09. The molecule has 2 aromatic rings. The SMILES string of the molecule is CC(=O)c1cccc(NS(=O)(=O)c2cc(Cl)cc(Cl)c2)c1. The second-order valence-corrected chi connectivity index (χ2v) is 6.90. The van der Waals surface area contributed by atoms with Gasteiger partial charge in [0.05, 0.1) is 4.90 Å². The van der Waals surface area contributed by atoms with Gasteiger partial charge in [0.15, 0.2) is 5.78 Å². The molecule has 0 aliphatic heterocycles. The highest BCUT2D eigenvalue weighted by Crippen LogP contribution is 2.24. The van der Waals surface area contributed by atoms with Crippen molar-refractivity contribution in [3.63, 3.8) is 0 Å². The van der Waals surface area contributed by atoms with Gasteiger partial charge in [-0.25, -0.2) is 8.42 Å². The first kappa shape index (κ1) is 15.8. The second-order valence-electron chi connectivity index (χ2n) is 4.35. The Morgan fingerprint density at radius 1 is 1.05 bits per heavy atom. The molecule has 0 unspecified atom stereocenters. The van der Waals surface area contributed by atoms with Gasteiger partial charge in [0, 0.05) is 21.3 Å². The molecule has 0 aliphatic carbocycles. The van der Waals surface area contributed by atoms with Gasteiger partial charge in [-0.1, -0.05) is 35.3 Å². The Labute approximate surface area is 132 Å². The maximum absolute atomic E-state index is 12.3. The van der Waals surface area contributed by atoms with Crippen molar-refractivity contribution < 1.29 is 13.2 Å². The summed E-state index contributed by atoms with van der Waals surface area (Å²) in [6.45, 7) is 1.41. The van der Waals surface area contributed by atoms with Crippen LogP contribution in [-0.2, 0) is 10.0 Å². The van der Waals surface area contributed by atoms with Crippen molar-refractivity contribution in [1.82, 2.24) is 0 Å². The van der Waals surface area contributed by atoms with Crippen LogP contribution in [0.3, 0.4) is 0 Å². The predicted octanol–water partition coefficient (Wildman–Crippen LogP) is 4.00. The average Bonchev–Trinajstić information content (AvgIpc) is 2.37. The molecule has 21 heavy (non-hydrogen) atoms. The van der Waals surface area contributed by atoms with Gasteiger partial charge in [0.1, 0.15) is 0 Å². The van der Waals surface area contributed by atoms with Crippen LogP contribution in [0.15, 0.2) is 47.4 Å². The van der Waals surface area contributed by atoms with Crippen molar-refractivity contribution in [2.24, 2.45) is 0 Å². The third-order valence-corrected chi connectivity index (χ3v) is 4.46. The molecule has 0 atom stereocenters. The molecule has 0 amide bonds. The molecule has 0 aliphatic rings. The van der Waals surface area contributed by atoms with Crippen LogP contribution in [0.1, 0.15) is 17.3 Å². The van der Waals surface area contributed by atoms with Crippen LogP contribution in [0.25, 0.3) is 0 Å². The Morgan fingerprint density at radius 3 is 2.24 bits per heavy atom. The first-order valence-corrected chi connectivity index (χ1v) is 8.12. The number of anilines is 1. The minimum absolute atomic E-state index is 0.0479.